The van der Waals surface area contributed by atoms with Crippen molar-refractivity contribution in [2.75, 3.05) is 26.0 Å². The van der Waals surface area contributed by atoms with Crippen molar-refractivity contribution in [1.82, 2.24) is 5.32 Å². The van der Waals surface area contributed by atoms with E-state index in [2.05, 4.69) is 5.32 Å². The Hall–Kier alpha value is -2.56. The monoisotopic (exact) mass is 372 g/mol. The highest BCUT2D eigenvalue weighted by molar-refractivity contribution is 7.91. The van der Waals surface area contributed by atoms with E-state index in [0.29, 0.717) is 24.5 Å². The summed E-state index contributed by atoms with van der Waals surface area (Å²) in [6.45, 7) is 0.768. The lowest BCUT2D eigenvalue weighted by molar-refractivity contribution is 0.229. The van der Waals surface area contributed by atoms with Crippen LogP contribution >= 0.6 is 0 Å². The predicted octanol–water partition coefficient (Wildman–Crippen LogP) is 1.93. The number of ether oxygens (including phenoxy) is 2. The molecule has 136 valence electrons. The van der Waals surface area contributed by atoms with Gasteiger partial charge in [0.2, 0.25) is 0 Å². The lowest BCUT2D eigenvalue weighted by atomic mass is 10.0. The molecule has 3 rings (SSSR count). The molecular weight excluding hydrogens is 352 g/mol. The highest BCUT2D eigenvalue weighted by Crippen LogP contribution is 2.34. The molecule has 1 N–H and O–H groups in total. The van der Waals surface area contributed by atoms with Crippen LogP contribution in [0.25, 0.3) is 0 Å². The average Bonchev–Trinajstić information content (AvgIpc) is 2.67. The fraction of sp³-hybridized carbons (Fsp3) is 0.316. The maximum Gasteiger partial charge on any atom is 0.179 e. The van der Waals surface area contributed by atoms with Crippen molar-refractivity contribution in [3.05, 3.63) is 53.6 Å². The maximum absolute atomic E-state index is 12.4. The second-order valence-corrected chi connectivity index (χ2v) is 8.18. The average molecular weight is 372 g/mol. The molecule has 0 saturated carbocycles. The Morgan fingerprint density at radius 3 is 2.88 bits per heavy atom. The number of hydrogen-bond acceptors (Lipinski definition) is 6. The van der Waals surface area contributed by atoms with Crippen LogP contribution in [-0.2, 0) is 16.3 Å². The van der Waals surface area contributed by atoms with Crippen molar-refractivity contribution in [2.24, 2.45) is 0 Å². The van der Waals surface area contributed by atoms with Gasteiger partial charge in [0.1, 0.15) is 6.61 Å². The highest BCUT2D eigenvalue weighted by atomic mass is 32.2. The van der Waals surface area contributed by atoms with Gasteiger partial charge >= 0.3 is 0 Å². The van der Waals surface area contributed by atoms with Gasteiger partial charge in [-0.15, -0.1) is 0 Å². The van der Waals surface area contributed by atoms with Crippen LogP contribution in [0.15, 0.2) is 47.4 Å². The van der Waals surface area contributed by atoms with Crippen LogP contribution < -0.4 is 14.8 Å². The minimum Gasteiger partial charge on any atom is -0.493 e. The zero-order valence-electron chi connectivity index (χ0n) is 14.4. The molecule has 0 saturated heterocycles. The summed E-state index contributed by atoms with van der Waals surface area (Å²) in [6, 6.07) is 13.8. The fourth-order valence-corrected chi connectivity index (χ4v) is 4.18. The standard InChI is InChI=1S/C19H20N2O4S/c1-24-18-7-3-5-15-11-16(13-25-19(15)18)21-8-9-26(22,23)17-6-2-4-14(10-17)12-20/h2-7,10,16,21H,8-9,11,13H2,1H3. The van der Waals surface area contributed by atoms with Crippen LogP contribution in [0.1, 0.15) is 11.1 Å². The third-order valence-electron chi connectivity index (χ3n) is 4.30. The molecule has 6 nitrogen and oxygen atoms in total. The molecule has 2 aromatic rings. The Morgan fingerprint density at radius 1 is 1.31 bits per heavy atom. The van der Waals surface area contributed by atoms with Gasteiger partial charge in [-0.05, 0) is 36.2 Å². The van der Waals surface area contributed by atoms with Crippen molar-refractivity contribution in [3.63, 3.8) is 0 Å². The van der Waals surface area contributed by atoms with Crippen molar-refractivity contribution >= 4 is 9.84 Å². The molecule has 7 heteroatoms. The Morgan fingerprint density at radius 2 is 2.12 bits per heavy atom. The van der Waals surface area contributed by atoms with E-state index >= 15 is 0 Å². The predicted molar refractivity (Wildman–Crippen MR) is 97.2 cm³/mol. The van der Waals surface area contributed by atoms with Gasteiger partial charge in [0.15, 0.2) is 21.3 Å². The Bertz CT molecular complexity index is 935. The quantitative estimate of drug-likeness (QED) is 0.834. The fourth-order valence-electron chi connectivity index (χ4n) is 2.96. The zero-order valence-corrected chi connectivity index (χ0v) is 15.3. The molecule has 0 radical (unpaired) electrons. The molecule has 0 spiro atoms. The van der Waals surface area contributed by atoms with Crippen LogP contribution in [0.4, 0.5) is 0 Å². The summed E-state index contributed by atoms with van der Waals surface area (Å²) >= 11 is 0. The van der Waals surface area contributed by atoms with Crippen LogP contribution in [-0.4, -0.2) is 40.5 Å². The molecule has 1 unspecified atom stereocenters. The first kappa shape index (κ1) is 18.2. The number of sulfone groups is 1. The minimum atomic E-state index is -3.44. The van der Waals surface area contributed by atoms with Gasteiger partial charge in [-0.2, -0.15) is 5.26 Å². The number of nitriles is 1. The van der Waals surface area contributed by atoms with E-state index in [1.165, 1.54) is 12.1 Å². The summed E-state index contributed by atoms with van der Waals surface area (Å²) in [7, 11) is -1.83. The van der Waals surface area contributed by atoms with E-state index in [1.54, 1.807) is 19.2 Å². The van der Waals surface area contributed by atoms with Gasteiger partial charge < -0.3 is 14.8 Å². The molecule has 0 bridgehead atoms. The molecule has 1 aliphatic rings. The SMILES string of the molecule is COc1cccc2c1OCC(NCCS(=O)(=O)c1cccc(C#N)c1)C2. The summed E-state index contributed by atoms with van der Waals surface area (Å²) in [5.41, 5.74) is 1.38. The van der Waals surface area contributed by atoms with Gasteiger partial charge in [-0.25, -0.2) is 8.42 Å². The number of para-hydroxylation sites is 1. The first-order chi connectivity index (χ1) is 12.5. The number of fused-ring (bicyclic) bond motifs is 1. The van der Waals surface area contributed by atoms with Crippen molar-refractivity contribution in [3.8, 4) is 17.6 Å². The van der Waals surface area contributed by atoms with Crippen LogP contribution in [0, 0.1) is 11.3 Å². The molecule has 2 aromatic carbocycles. The summed E-state index contributed by atoms with van der Waals surface area (Å²) in [5, 5.41) is 12.2. The molecule has 1 aliphatic heterocycles. The highest BCUT2D eigenvalue weighted by Gasteiger charge is 2.23. The van der Waals surface area contributed by atoms with Gasteiger partial charge in [0.25, 0.3) is 0 Å². The summed E-state index contributed by atoms with van der Waals surface area (Å²) in [6.07, 6.45) is 0.747. The topological polar surface area (TPSA) is 88.4 Å². The number of benzene rings is 2. The van der Waals surface area contributed by atoms with Crippen molar-refractivity contribution in [2.45, 2.75) is 17.4 Å². The van der Waals surface area contributed by atoms with E-state index in [0.717, 1.165) is 17.7 Å². The third-order valence-corrected chi connectivity index (χ3v) is 6.02. The number of nitrogens with one attached hydrogen (secondary N) is 1. The number of rotatable bonds is 6. The van der Waals surface area contributed by atoms with Gasteiger partial charge in [-0.3, -0.25) is 0 Å². The minimum absolute atomic E-state index is 0.0373. The Kier molecular flexibility index (Phi) is 5.45. The molecular formula is C19H20N2O4S. The lowest BCUT2D eigenvalue weighted by Gasteiger charge is -2.27. The van der Waals surface area contributed by atoms with E-state index in [1.807, 2.05) is 24.3 Å². The molecule has 1 atom stereocenters. The summed E-state index contributed by atoms with van der Waals surface area (Å²) < 4.78 is 35.9. The van der Waals surface area contributed by atoms with Gasteiger partial charge in [-0.1, -0.05) is 18.2 Å². The number of nitrogens with zero attached hydrogens (tertiary/aromatic N) is 1. The third kappa shape index (κ3) is 3.98. The maximum atomic E-state index is 12.4. The Labute approximate surface area is 153 Å². The van der Waals surface area contributed by atoms with E-state index in [-0.39, 0.29) is 16.7 Å². The smallest absolute Gasteiger partial charge is 0.179 e. The van der Waals surface area contributed by atoms with Crippen molar-refractivity contribution in [1.29, 1.82) is 5.26 Å². The van der Waals surface area contributed by atoms with E-state index in [4.69, 9.17) is 14.7 Å². The van der Waals surface area contributed by atoms with E-state index in [9.17, 15) is 8.42 Å². The molecule has 0 fully saturated rings. The number of hydrogen-bond donors (Lipinski definition) is 1. The zero-order chi connectivity index (χ0) is 18.6. The summed E-state index contributed by atoms with van der Waals surface area (Å²) in [5.74, 6) is 1.43. The van der Waals surface area contributed by atoms with Crippen LogP contribution in [0.2, 0.25) is 0 Å². The van der Waals surface area contributed by atoms with E-state index < -0.39 is 9.84 Å². The first-order valence-electron chi connectivity index (χ1n) is 8.28. The lowest BCUT2D eigenvalue weighted by Crippen LogP contribution is -2.41. The Balaban J connectivity index is 1.59. The molecule has 26 heavy (non-hydrogen) atoms. The largest absolute Gasteiger partial charge is 0.493 e. The normalized spacial score (nSPS) is 16.2. The van der Waals surface area contributed by atoms with Crippen molar-refractivity contribution < 1.29 is 17.9 Å². The molecule has 0 amide bonds. The van der Waals surface area contributed by atoms with Crippen LogP contribution in [0.3, 0.4) is 0 Å². The second kappa shape index (κ2) is 7.77. The van der Waals surface area contributed by atoms with Crippen LogP contribution in [0.5, 0.6) is 11.5 Å². The first-order valence-corrected chi connectivity index (χ1v) is 9.93. The van der Waals surface area contributed by atoms with Gasteiger partial charge in [0, 0.05) is 12.6 Å². The molecule has 0 aromatic heterocycles. The summed E-state index contributed by atoms with van der Waals surface area (Å²) in [4.78, 5) is 0.174. The van der Waals surface area contributed by atoms with Gasteiger partial charge in [0.05, 0.1) is 29.4 Å². The molecule has 1 heterocycles. The molecule has 0 aliphatic carbocycles. The number of methoxy groups -OCH3 is 1. The second-order valence-electron chi connectivity index (χ2n) is 6.07.